The van der Waals surface area contributed by atoms with Crippen LogP contribution >= 0.6 is 0 Å². The number of carbonyl (C=O) groups excluding carboxylic acids is 1. The fourth-order valence-electron chi connectivity index (χ4n) is 2.99. The maximum Gasteiger partial charge on any atom is 0.227 e. The van der Waals surface area contributed by atoms with Crippen molar-refractivity contribution in [3.05, 3.63) is 35.9 Å². The highest BCUT2D eigenvalue weighted by atomic mass is 19.1. The van der Waals surface area contributed by atoms with E-state index in [0.717, 1.165) is 37.1 Å². The molecule has 1 aromatic carbocycles. The van der Waals surface area contributed by atoms with Crippen LogP contribution in [-0.2, 0) is 18.4 Å². The maximum atomic E-state index is 14.0. The molecule has 2 N–H and O–H groups in total. The lowest BCUT2D eigenvalue weighted by molar-refractivity contribution is -0.120. The second-order valence-corrected chi connectivity index (χ2v) is 6.22. The fourth-order valence-corrected chi connectivity index (χ4v) is 2.99. The number of amides is 1. The highest BCUT2D eigenvalue weighted by molar-refractivity contribution is 5.93. The van der Waals surface area contributed by atoms with E-state index in [9.17, 15) is 9.18 Å². The van der Waals surface area contributed by atoms with Gasteiger partial charge in [0.2, 0.25) is 5.91 Å². The minimum absolute atomic E-state index is 0.00437. The van der Waals surface area contributed by atoms with Crippen LogP contribution in [0, 0.1) is 11.7 Å². The quantitative estimate of drug-likeness (QED) is 0.883. The molecule has 3 rings (SSSR count). The predicted octanol–water partition coefficient (Wildman–Crippen LogP) is 3.09. The molecule has 0 unspecified atom stereocenters. The molecule has 1 heterocycles. The average Bonchev–Trinajstić information content (AvgIpc) is 3.01. The number of halogens is 1. The summed E-state index contributed by atoms with van der Waals surface area (Å²) < 4.78 is 15.7. The molecule has 1 aromatic heterocycles. The normalized spacial score (nSPS) is 15.2. The molecule has 0 spiro atoms. The van der Waals surface area contributed by atoms with Crippen molar-refractivity contribution < 1.29 is 9.18 Å². The van der Waals surface area contributed by atoms with Crippen molar-refractivity contribution in [3.8, 4) is 0 Å². The van der Waals surface area contributed by atoms with Crippen molar-refractivity contribution in [2.45, 2.75) is 38.6 Å². The van der Waals surface area contributed by atoms with Crippen LogP contribution < -0.4 is 10.6 Å². The van der Waals surface area contributed by atoms with Crippen molar-refractivity contribution in [1.82, 2.24) is 15.0 Å². The van der Waals surface area contributed by atoms with E-state index in [1.54, 1.807) is 23.0 Å². The Morgan fingerprint density at radius 2 is 2.12 bits per heavy atom. The average molecular weight is 331 g/mol. The SMILES string of the molecule is Cn1nncc1CNc1ccc(F)c(NC(=O)C2CCCCC2)c1. The molecule has 1 aliphatic rings. The fraction of sp³-hybridized carbons (Fsp3) is 0.471. The first-order valence-corrected chi connectivity index (χ1v) is 8.31. The molecular formula is C17H22FN5O. The third-order valence-electron chi connectivity index (χ3n) is 4.48. The van der Waals surface area contributed by atoms with E-state index in [1.165, 1.54) is 12.5 Å². The summed E-state index contributed by atoms with van der Waals surface area (Å²) in [6.45, 7) is 0.519. The summed E-state index contributed by atoms with van der Waals surface area (Å²) in [5.41, 5.74) is 1.86. The number of nitrogens with zero attached hydrogens (tertiary/aromatic N) is 3. The van der Waals surface area contributed by atoms with Gasteiger partial charge < -0.3 is 10.6 Å². The van der Waals surface area contributed by atoms with Crippen molar-refractivity contribution in [2.75, 3.05) is 10.6 Å². The molecule has 0 atom stereocenters. The third-order valence-corrected chi connectivity index (χ3v) is 4.48. The predicted molar refractivity (Wildman–Crippen MR) is 89.9 cm³/mol. The van der Waals surface area contributed by atoms with Crippen LogP contribution in [-0.4, -0.2) is 20.9 Å². The van der Waals surface area contributed by atoms with E-state index in [4.69, 9.17) is 0 Å². The molecule has 1 amide bonds. The second-order valence-electron chi connectivity index (χ2n) is 6.22. The lowest BCUT2D eigenvalue weighted by Gasteiger charge is -2.21. The van der Waals surface area contributed by atoms with Gasteiger partial charge in [-0.2, -0.15) is 0 Å². The molecule has 24 heavy (non-hydrogen) atoms. The van der Waals surface area contributed by atoms with E-state index in [0.29, 0.717) is 6.54 Å². The minimum Gasteiger partial charge on any atom is -0.379 e. The van der Waals surface area contributed by atoms with Crippen molar-refractivity contribution in [3.63, 3.8) is 0 Å². The van der Waals surface area contributed by atoms with Gasteiger partial charge in [0, 0.05) is 18.7 Å². The zero-order chi connectivity index (χ0) is 16.9. The standard InChI is InChI=1S/C17H22FN5O/c1-23-14(11-20-22-23)10-19-13-7-8-15(18)16(9-13)21-17(24)12-5-3-2-4-6-12/h7-9,11-12,19H,2-6,10H2,1H3,(H,21,24). The summed E-state index contributed by atoms with van der Waals surface area (Å²) in [7, 11) is 1.81. The zero-order valence-electron chi connectivity index (χ0n) is 13.8. The lowest BCUT2D eigenvalue weighted by Crippen LogP contribution is -2.25. The molecular weight excluding hydrogens is 309 g/mol. The largest absolute Gasteiger partial charge is 0.379 e. The topological polar surface area (TPSA) is 71.8 Å². The number of nitrogens with one attached hydrogen (secondary N) is 2. The summed E-state index contributed by atoms with van der Waals surface area (Å²) in [5.74, 6) is -0.510. The van der Waals surface area contributed by atoms with Crippen LogP contribution in [0.25, 0.3) is 0 Å². The van der Waals surface area contributed by atoms with Crippen LogP contribution in [0.3, 0.4) is 0 Å². The minimum atomic E-state index is -0.424. The maximum absolute atomic E-state index is 14.0. The van der Waals surface area contributed by atoms with Gasteiger partial charge in [0.05, 0.1) is 24.1 Å². The number of benzene rings is 1. The smallest absolute Gasteiger partial charge is 0.227 e. The Hall–Kier alpha value is -2.44. The summed E-state index contributed by atoms with van der Waals surface area (Å²) in [6, 6.07) is 4.63. The third kappa shape index (κ3) is 3.90. The molecule has 128 valence electrons. The van der Waals surface area contributed by atoms with E-state index in [2.05, 4.69) is 20.9 Å². The number of aryl methyl sites for hydroxylation is 1. The van der Waals surface area contributed by atoms with Crippen LogP contribution in [0.4, 0.5) is 15.8 Å². The van der Waals surface area contributed by atoms with Crippen LogP contribution in [0.15, 0.2) is 24.4 Å². The highest BCUT2D eigenvalue weighted by Gasteiger charge is 2.22. The summed E-state index contributed by atoms with van der Waals surface area (Å²) >= 11 is 0. The highest BCUT2D eigenvalue weighted by Crippen LogP contribution is 2.26. The van der Waals surface area contributed by atoms with Crippen LogP contribution in [0.2, 0.25) is 0 Å². The molecule has 7 heteroatoms. The van der Waals surface area contributed by atoms with E-state index in [-0.39, 0.29) is 17.5 Å². The Labute approximate surface area is 140 Å². The van der Waals surface area contributed by atoms with Crippen molar-refractivity contribution >= 4 is 17.3 Å². The summed E-state index contributed by atoms with van der Waals surface area (Å²) in [4.78, 5) is 12.3. The number of anilines is 2. The van der Waals surface area contributed by atoms with Gasteiger partial charge in [-0.3, -0.25) is 9.48 Å². The molecule has 0 aliphatic heterocycles. The first-order chi connectivity index (χ1) is 11.6. The number of hydrogen-bond donors (Lipinski definition) is 2. The Balaban J connectivity index is 1.64. The monoisotopic (exact) mass is 331 g/mol. The van der Waals surface area contributed by atoms with Gasteiger partial charge in [0.1, 0.15) is 5.82 Å². The number of aromatic nitrogens is 3. The van der Waals surface area contributed by atoms with Crippen molar-refractivity contribution in [1.29, 1.82) is 0 Å². The van der Waals surface area contributed by atoms with Gasteiger partial charge in [-0.1, -0.05) is 24.5 Å². The first kappa shape index (κ1) is 16.4. The first-order valence-electron chi connectivity index (χ1n) is 8.31. The molecule has 1 saturated carbocycles. The van der Waals surface area contributed by atoms with Gasteiger partial charge in [-0.15, -0.1) is 5.10 Å². The number of hydrogen-bond acceptors (Lipinski definition) is 4. The second kappa shape index (κ2) is 7.42. The van der Waals surface area contributed by atoms with E-state index >= 15 is 0 Å². The van der Waals surface area contributed by atoms with E-state index < -0.39 is 5.82 Å². The van der Waals surface area contributed by atoms with Crippen LogP contribution in [0.5, 0.6) is 0 Å². The van der Waals surface area contributed by atoms with Crippen molar-refractivity contribution in [2.24, 2.45) is 13.0 Å². The molecule has 1 aliphatic carbocycles. The van der Waals surface area contributed by atoms with E-state index in [1.807, 2.05) is 7.05 Å². The van der Waals surface area contributed by atoms with Gasteiger partial charge in [-0.25, -0.2) is 4.39 Å². The zero-order valence-corrected chi connectivity index (χ0v) is 13.8. The van der Waals surface area contributed by atoms with Gasteiger partial charge in [-0.05, 0) is 31.0 Å². The molecule has 0 radical (unpaired) electrons. The lowest BCUT2D eigenvalue weighted by atomic mass is 9.88. The summed E-state index contributed by atoms with van der Waals surface area (Å²) in [5, 5.41) is 13.6. The molecule has 6 nitrogen and oxygen atoms in total. The number of carbonyl (C=O) groups is 1. The molecule has 1 fully saturated rings. The van der Waals surface area contributed by atoms with Gasteiger partial charge >= 0.3 is 0 Å². The number of rotatable bonds is 5. The molecule has 0 bridgehead atoms. The molecule has 0 saturated heterocycles. The Morgan fingerprint density at radius 1 is 1.33 bits per heavy atom. The van der Waals surface area contributed by atoms with Gasteiger partial charge in [0.25, 0.3) is 0 Å². The Bertz CT molecular complexity index is 709. The Morgan fingerprint density at radius 3 is 2.83 bits per heavy atom. The van der Waals surface area contributed by atoms with Crippen LogP contribution in [0.1, 0.15) is 37.8 Å². The molecule has 2 aromatic rings. The summed E-state index contributed by atoms with van der Waals surface area (Å²) in [6.07, 6.45) is 6.77. The Kier molecular flexibility index (Phi) is 5.08. The van der Waals surface area contributed by atoms with Gasteiger partial charge in [0.15, 0.2) is 0 Å².